The summed E-state index contributed by atoms with van der Waals surface area (Å²) in [6, 6.07) is 13.3. The topological polar surface area (TPSA) is 66.1 Å². The minimum absolute atomic E-state index is 0.114. The molecule has 2 heterocycles. The van der Waals surface area contributed by atoms with E-state index in [0.29, 0.717) is 10.9 Å². The third kappa shape index (κ3) is 3.77. The lowest BCUT2D eigenvalue weighted by atomic mass is 10.0. The molecule has 1 amide bonds. The van der Waals surface area contributed by atoms with Gasteiger partial charge in [0.15, 0.2) is 0 Å². The molecule has 1 aromatic heterocycles. The van der Waals surface area contributed by atoms with Crippen LogP contribution in [-0.4, -0.2) is 33.9 Å². The van der Waals surface area contributed by atoms with Gasteiger partial charge in [-0.1, -0.05) is 37.5 Å². The van der Waals surface area contributed by atoms with Crippen molar-refractivity contribution < 1.29 is 4.79 Å². The number of likely N-dealkylation sites (tertiary alicyclic amines) is 1. The Morgan fingerprint density at radius 3 is 2.30 bits per heavy atom. The number of hydrogen-bond donors (Lipinski definition) is 1. The fourth-order valence-corrected chi connectivity index (χ4v) is 3.69. The van der Waals surface area contributed by atoms with Gasteiger partial charge in [-0.3, -0.25) is 9.59 Å². The maximum Gasteiger partial charge on any atom is 0.258 e. The van der Waals surface area contributed by atoms with Gasteiger partial charge in [0.2, 0.25) is 0 Å². The molecule has 0 spiro atoms. The van der Waals surface area contributed by atoms with Crippen molar-refractivity contribution in [1.29, 1.82) is 0 Å². The van der Waals surface area contributed by atoms with E-state index in [9.17, 15) is 9.59 Å². The third-order valence-corrected chi connectivity index (χ3v) is 5.25. The second kappa shape index (κ2) is 7.74. The number of benzene rings is 2. The van der Waals surface area contributed by atoms with Gasteiger partial charge in [-0.05, 0) is 48.2 Å². The summed E-state index contributed by atoms with van der Waals surface area (Å²) in [7, 11) is 0. The minimum atomic E-state index is -0.147. The smallest absolute Gasteiger partial charge is 0.258 e. The average Bonchev–Trinajstić information content (AvgIpc) is 2.68. The Morgan fingerprint density at radius 2 is 1.56 bits per heavy atom. The normalized spacial score (nSPS) is 15.3. The molecule has 0 aliphatic carbocycles. The van der Waals surface area contributed by atoms with E-state index >= 15 is 0 Å². The van der Waals surface area contributed by atoms with E-state index in [1.165, 1.54) is 25.6 Å². The minimum Gasteiger partial charge on any atom is -0.339 e. The molecule has 1 saturated heterocycles. The van der Waals surface area contributed by atoms with Gasteiger partial charge in [0.25, 0.3) is 11.5 Å². The Hall–Kier alpha value is -2.95. The van der Waals surface area contributed by atoms with Gasteiger partial charge in [-0.2, -0.15) is 0 Å². The molecule has 4 rings (SSSR count). The van der Waals surface area contributed by atoms with Crippen LogP contribution in [0, 0.1) is 0 Å². The molecule has 5 nitrogen and oxygen atoms in total. The van der Waals surface area contributed by atoms with E-state index in [1.807, 2.05) is 47.4 Å². The van der Waals surface area contributed by atoms with E-state index in [-0.39, 0.29) is 11.5 Å². The Bertz CT molecular complexity index is 1000. The molecule has 0 atom stereocenters. The predicted octanol–water partition coefficient (Wildman–Crippen LogP) is 4.00. The SMILES string of the molecule is O=C(c1ccc(-c2ccc3nc[nH]c(=O)c3c2)cc1)N1CCCCCCC1. The van der Waals surface area contributed by atoms with Crippen molar-refractivity contribution in [3.8, 4) is 11.1 Å². The summed E-state index contributed by atoms with van der Waals surface area (Å²) in [5.41, 5.74) is 3.16. The summed E-state index contributed by atoms with van der Waals surface area (Å²) in [4.78, 5) is 33.6. The molecule has 1 N–H and O–H groups in total. The second-order valence-electron chi connectivity index (χ2n) is 7.10. The summed E-state index contributed by atoms with van der Waals surface area (Å²) >= 11 is 0. The van der Waals surface area contributed by atoms with Crippen molar-refractivity contribution >= 4 is 16.8 Å². The number of amides is 1. The fraction of sp³-hybridized carbons (Fsp3) is 0.318. The number of rotatable bonds is 2. The molecule has 0 radical (unpaired) electrons. The Morgan fingerprint density at radius 1 is 0.889 bits per heavy atom. The zero-order valence-electron chi connectivity index (χ0n) is 15.3. The van der Waals surface area contributed by atoms with Crippen molar-refractivity contribution in [2.24, 2.45) is 0 Å². The van der Waals surface area contributed by atoms with Gasteiger partial charge in [0, 0.05) is 18.7 Å². The zero-order valence-corrected chi connectivity index (χ0v) is 15.3. The lowest BCUT2D eigenvalue weighted by Gasteiger charge is -2.25. The number of carbonyl (C=O) groups excluding carboxylic acids is 1. The van der Waals surface area contributed by atoms with Crippen molar-refractivity contribution in [2.75, 3.05) is 13.1 Å². The zero-order chi connectivity index (χ0) is 18.6. The first-order valence-corrected chi connectivity index (χ1v) is 9.59. The predicted molar refractivity (Wildman–Crippen MR) is 107 cm³/mol. The molecule has 3 aromatic rings. The average molecular weight is 361 g/mol. The molecule has 1 fully saturated rings. The fourth-order valence-electron chi connectivity index (χ4n) is 3.69. The van der Waals surface area contributed by atoms with E-state index in [0.717, 1.165) is 42.6 Å². The van der Waals surface area contributed by atoms with Crippen molar-refractivity contribution in [1.82, 2.24) is 14.9 Å². The van der Waals surface area contributed by atoms with Crippen LogP contribution in [0.4, 0.5) is 0 Å². The number of hydrogen-bond acceptors (Lipinski definition) is 3. The quantitative estimate of drug-likeness (QED) is 0.750. The number of aromatic nitrogens is 2. The van der Waals surface area contributed by atoms with Crippen LogP contribution in [0.3, 0.4) is 0 Å². The molecule has 0 bridgehead atoms. The van der Waals surface area contributed by atoms with E-state index < -0.39 is 0 Å². The summed E-state index contributed by atoms with van der Waals surface area (Å²) in [6.45, 7) is 1.70. The van der Waals surface area contributed by atoms with Crippen LogP contribution in [0.1, 0.15) is 42.5 Å². The molecule has 1 aliphatic heterocycles. The molecule has 0 saturated carbocycles. The van der Waals surface area contributed by atoms with Crippen molar-refractivity contribution in [2.45, 2.75) is 32.1 Å². The molecule has 5 heteroatoms. The van der Waals surface area contributed by atoms with E-state index in [2.05, 4.69) is 9.97 Å². The first-order valence-electron chi connectivity index (χ1n) is 9.59. The van der Waals surface area contributed by atoms with Crippen molar-refractivity contribution in [3.05, 3.63) is 64.7 Å². The van der Waals surface area contributed by atoms with Crippen LogP contribution in [0.15, 0.2) is 53.6 Å². The van der Waals surface area contributed by atoms with Gasteiger partial charge in [0.05, 0.1) is 17.2 Å². The number of nitrogens with one attached hydrogen (secondary N) is 1. The summed E-state index contributed by atoms with van der Waals surface area (Å²) in [5, 5.41) is 0.566. The molecule has 2 aromatic carbocycles. The highest BCUT2D eigenvalue weighted by Crippen LogP contribution is 2.23. The Kier molecular flexibility index (Phi) is 5.01. The van der Waals surface area contributed by atoms with E-state index in [1.54, 1.807) is 0 Å². The molecular weight excluding hydrogens is 338 g/mol. The van der Waals surface area contributed by atoms with Crippen LogP contribution in [0.2, 0.25) is 0 Å². The van der Waals surface area contributed by atoms with Crippen LogP contribution in [-0.2, 0) is 0 Å². The maximum absolute atomic E-state index is 12.8. The third-order valence-electron chi connectivity index (χ3n) is 5.25. The van der Waals surface area contributed by atoms with Gasteiger partial charge >= 0.3 is 0 Å². The Labute approximate surface area is 158 Å². The van der Waals surface area contributed by atoms with Crippen LogP contribution < -0.4 is 5.56 Å². The number of aromatic amines is 1. The van der Waals surface area contributed by atoms with Gasteiger partial charge < -0.3 is 9.88 Å². The van der Waals surface area contributed by atoms with Crippen LogP contribution >= 0.6 is 0 Å². The number of carbonyl (C=O) groups is 1. The van der Waals surface area contributed by atoms with E-state index in [4.69, 9.17) is 0 Å². The lowest BCUT2D eigenvalue weighted by Crippen LogP contribution is -2.33. The number of H-pyrrole nitrogens is 1. The molecule has 1 aliphatic rings. The number of fused-ring (bicyclic) bond motifs is 1. The standard InChI is InChI=1S/C22H23N3O2/c26-21-19-14-18(10-11-20(19)23-15-24-21)16-6-8-17(9-7-16)22(27)25-12-4-2-1-3-5-13-25/h6-11,14-15H,1-5,12-13H2,(H,23,24,26). The summed E-state index contributed by atoms with van der Waals surface area (Å²) in [6.07, 6.45) is 7.28. The van der Waals surface area contributed by atoms with Crippen LogP contribution in [0.5, 0.6) is 0 Å². The molecule has 0 unspecified atom stereocenters. The Balaban J connectivity index is 1.57. The largest absolute Gasteiger partial charge is 0.339 e. The first kappa shape index (κ1) is 17.5. The van der Waals surface area contributed by atoms with Crippen molar-refractivity contribution in [3.63, 3.8) is 0 Å². The summed E-state index contributed by atoms with van der Waals surface area (Å²) in [5.74, 6) is 0.114. The first-order chi connectivity index (χ1) is 13.2. The molecule has 27 heavy (non-hydrogen) atoms. The van der Waals surface area contributed by atoms with Crippen LogP contribution in [0.25, 0.3) is 22.0 Å². The lowest BCUT2D eigenvalue weighted by molar-refractivity contribution is 0.0742. The highest BCUT2D eigenvalue weighted by molar-refractivity contribution is 5.95. The second-order valence-corrected chi connectivity index (χ2v) is 7.10. The molecule has 138 valence electrons. The molecular formula is C22H23N3O2. The summed E-state index contributed by atoms with van der Waals surface area (Å²) < 4.78 is 0. The van der Waals surface area contributed by atoms with Gasteiger partial charge in [-0.15, -0.1) is 0 Å². The monoisotopic (exact) mass is 361 g/mol. The van der Waals surface area contributed by atoms with Gasteiger partial charge in [0.1, 0.15) is 0 Å². The highest BCUT2D eigenvalue weighted by atomic mass is 16.2. The van der Waals surface area contributed by atoms with Gasteiger partial charge in [-0.25, -0.2) is 4.98 Å². The maximum atomic E-state index is 12.8. The highest BCUT2D eigenvalue weighted by Gasteiger charge is 2.16. The number of nitrogens with zero attached hydrogens (tertiary/aromatic N) is 2.